The summed E-state index contributed by atoms with van der Waals surface area (Å²) in [6.45, 7) is 7.94. The van der Waals surface area contributed by atoms with E-state index in [4.69, 9.17) is 9.15 Å². The van der Waals surface area contributed by atoms with Crippen LogP contribution in [0, 0.1) is 6.92 Å². The molecule has 0 spiro atoms. The highest BCUT2D eigenvalue weighted by Gasteiger charge is 2.13. The zero-order valence-corrected chi connectivity index (χ0v) is 17.6. The van der Waals surface area contributed by atoms with Gasteiger partial charge in [-0.25, -0.2) is 0 Å². The number of hydrogen-bond acceptors (Lipinski definition) is 4. The Balaban J connectivity index is 1.61. The van der Waals surface area contributed by atoms with Gasteiger partial charge >= 0.3 is 0 Å². The molecule has 3 rings (SSSR count). The minimum atomic E-state index is -0.355. The highest BCUT2D eigenvalue weighted by Crippen LogP contribution is 2.28. The summed E-state index contributed by atoms with van der Waals surface area (Å²) in [6, 6.07) is 16.4. The number of hydrogen-bond donors (Lipinski definition) is 2. The molecule has 156 valence electrons. The Morgan fingerprint density at radius 3 is 2.27 bits per heavy atom. The molecule has 1 heterocycles. The number of rotatable bonds is 7. The summed E-state index contributed by atoms with van der Waals surface area (Å²) >= 11 is 0. The first kappa shape index (κ1) is 21.2. The van der Waals surface area contributed by atoms with Crippen LogP contribution in [0.3, 0.4) is 0 Å². The Morgan fingerprint density at radius 2 is 1.63 bits per heavy atom. The van der Waals surface area contributed by atoms with Crippen molar-refractivity contribution in [2.75, 3.05) is 10.6 Å². The van der Waals surface area contributed by atoms with Crippen LogP contribution in [-0.2, 0) is 11.4 Å². The number of furan rings is 1. The molecular formula is C24H26N2O4. The summed E-state index contributed by atoms with van der Waals surface area (Å²) in [6.07, 6.45) is 0. The lowest BCUT2D eigenvalue weighted by Crippen LogP contribution is -2.11. The molecule has 0 unspecified atom stereocenters. The maximum Gasteiger partial charge on any atom is 0.291 e. The van der Waals surface area contributed by atoms with E-state index in [1.165, 1.54) is 6.92 Å². The molecule has 0 bridgehead atoms. The van der Waals surface area contributed by atoms with Crippen LogP contribution in [-0.4, -0.2) is 11.8 Å². The number of nitrogens with one attached hydrogen (secondary N) is 2. The summed E-state index contributed by atoms with van der Waals surface area (Å²) in [5, 5.41) is 5.45. The van der Waals surface area contributed by atoms with Crippen molar-refractivity contribution in [3.63, 3.8) is 0 Å². The Labute approximate surface area is 176 Å². The first-order chi connectivity index (χ1) is 14.3. The zero-order chi connectivity index (χ0) is 21.7. The molecule has 0 aliphatic heterocycles. The smallest absolute Gasteiger partial charge is 0.291 e. The molecule has 0 atom stereocenters. The van der Waals surface area contributed by atoms with Crippen molar-refractivity contribution < 1.29 is 18.7 Å². The van der Waals surface area contributed by atoms with Gasteiger partial charge in [-0.2, -0.15) is 0 Å². The van der Waals surface area contributed by atoms with Gasteiger partial charge in [-0.1, -0.05) is 26.0 Å². The summed E-state index contributed by atoms with van der Waals surface area (Å²) in [7, 11) is 0. The van der Waals surface area contributed by atoms with Crippen LogP contribution in [0.2, 0.25) is 0 Å². The molecule has 30 heavy (non-hydrogen) atoms. The topological polar surface area (TPSA) is 80.6 Å². The van der Waals surface area contributed by atoms with Gasteiger partial charge in [0.1, 0.15) is 18.1 Å². The molecule has 6 heteroatoms. The number of carbonyl (C=O) groups excluding carboxylic acids is 2. The summed E-state index contributed by atoms with van der Waals surface area (Å²) in [5.41, 5.74) is 3.52. The lowest BCUT2D eigenvalue weighted by molar-refractivity contribution is -0.114. The van der Waals surface area contributed by atoms with Crippen LogP contribution in [0.1, 0.15) is 54.1 Å². The third-order valence-corrected chi connectivity index (χ3v) is 4.51. The molecular weight excluding hydrogens is 380 g/mol. The standard InChI is InChI=1S/C24H26N2O4/c1-15(2)21-11-5-16(3)13-23(21)29-14-20-10-12-22(30-20)24(28)26-19-8-6-18(7-9-19)25-17(4)27/h5-13,15H,14H2,1-4H3,(H,25,27)(H,26,28). The van der Waals surface area contributed by atoms with Crippen molar-refractivity contribution >= 4 is 23.2 Å². The number of aryl methyl sites for hydroxylation is 1. The van der Waals surface area contributed by atoms with Crippen LogP contribution in [0.25, 0.3) is 0 Å². The maximum atomic E-state index is 12.4. The molecule has 2 amide bonds. The fourth-order valence-electron chi connectivity index (χ4n) is 3.00. The quantitative estimate of drug-likeness (QED) is 0.543. The Morgan fingerprint density at radius 1 is 0.967 bits per heavy atom. The normalized spacial score (nSPS) is 10.7. The summed E-state index contributed by atoms with van der Waals surface area (Å²) in [5.74, 6) is 1.43. The highest BCUT2D eigenvalue weighted by atomic mass is 16.5. The van der Waals surface area contributed by atoms with Gasteiger partial charge in [-0.05, 0) is 66.4 Å². The van der Waals surface area contributed by atoms with Crippen molar-refractivity contribution in [1.29, 1.82) is 0 Å². The summed E-state index contributed by atoms with van der Waals surface area (Å²) in [4.78, 5) is 23.5. The first-order valence-corrected chi connectivity index (χ1v) is 9.83. The molecule has 6 nitrogen and oxygen atoms in total. The van der Waals surface area contributed by atoms with E-state index in [-0.39, 0.29) is 24.2 Å². The lowest BCUT2D eigenvalue weighted by Gasteiger charge is -2.14. The van der Waals surface area contributed by atoms with Gasteiger partial charge in [0.05, 0.1) is 0 Å². The molecule has 0 fully saturated rings. The van der Waals surface area contributed by atoms with E-state index in [9.17, 15) is 9.59 Å². The molecule has 2 N–H and O–H groups in total. The number of ether oxygens (including phenoxy) is 1. The zero-order valence-electron chi connectivity index (χ0n) is 17.6. The van der Waals surface area contributed by atoms with Gasteiger partial charge in [-0.15, -0.1) is 0 Å². The van der Waals surface area contributed by atoms with Crippen LogP contribution in [0.4, 0.5) is 11.4 Å². The predicted molar refractivity (Wildman–Crippen MR) is 117 cm³/mol. The summed E-state index contributed by atoms with van der Waals surface area (Å²) < 4.78 is 11.6. The molecule has 0 saturated carbocycles. The fraction of sp³-hybridized carbons (Fsp3) is 0.250. The first-order valence-electron chi connectivity index (χ1n) is 9.83. The van der Waals surface area contributed by atoms with Gasteiger partial charge in [0.25, 0.3) is 5.91 Å². The van der Waals surface area contributed by atoms with Crippen LogP contribution < -0.4 is 15.4 Å². The second kappa shape index (κ2) is 9.31. The average Bonchev–Trinajstić information content (AvgIpc) is 3.16. The highest BCUT2D eigenvalue weighted by molar-refractivity contribution is 6.02. The lowest BCUT2D eigenvalue weighted by atomic mass is 10.0. The minimum absolute atomic E-state index is 0.150. The van der Waals surface area contributed by atoms with Crippen LogP contribution >= 0.6 is 0 Å². The van der Waals surface area contributed by atoms with Gasteiger partial charge in [-0.3, -0.25) is 9.59 Å². The van der Waals surface area contributed by atoms with Crippen molar-refractivity contribution in [3.8, 4) is 5.75 Å². The van der Waals surface area contributed by atoms with E-state index in [2.05, 4.69) is 36.6 Å². The molecule has 3 aromatic rings. The van der Waals surface area contributed by atoms with Gasteiger partial charge in [0.15, 0.2) is 5.76 Å². The Kier molecular flexibility index (Phi) is 6.57. The van der Waals surface area contributed by atoms with Crippen LogP contribution in [0.5, 0.6) is 5.75 Å². The van der Waals surface area contributed by atoms with E-state index in [1.54, 1.807) is 36.4 Å². The second-order valence-electron chi connectivity index (χ2n) is 7.46. The SMILES string of the molecule is CC(=O)Nc1ccc(NC(=O)c2ccc(COc3cc(C)ccc3C(C)C)o2)cc1. The molecule has 1 aromatic heterocycles. The molecule has 0 aliphatic carbocycles. The number of anilines is 2. The van der Waals surface area contributed by atoms with E-state index >= 15 is 0 Å². The number of amides is 2. The monoisotopic (exact) mass is 406 g/mol. The van der Waals surface area contributed by atoms with Crippen LogP contribution in [0.15, 0.2) is 59.0 Å². The van der Waals surface area contributed by atoms with E-state index < -0.39 is 0 Å². The third kappa shape index (κ3) is 5.50. The number of benzene rings is 2. The van der Waals surface area contributed by atoms with Gasteiger partial charge < -0.3 is 19.8 Å². The average molecular weight is 406 g/mol. The van der Waals surface area contributed by atoms with Crippen molar-refractivity contribution in [2.45, 2.75) is 40.2 Å². The number of carbonyl (C=O) groups is 2. The third-order valence-electron chi connectivity index (χ3n) is 4.51. The van der Waals surface area contributed by atoms with Gasteiger partial charge in [0, 0.05) is 18.3 Å². The molecule has 2 aromatic carbocycles. The van der Waals surface area contributed by atoms with E-state index in [1.807, 2.05) is 13.0 Å². The minimum Gasteiger partial charge on any atom is -0.485 e. The van der Waals surface area contributed by atoms with Crippen molar-refractivity contribution in [3.05, 3.63) is 77.2 Å². The molecule has 0 saturated heterocycles. The van der Waals surface area contributed by atoms with E-state index in [0.717, 1.165) is 16.9 Å². The molecule has 0 radical (unpaired) electrons. The maximum absolute atomic E-state index is 12.4. The second-order valence-corrected chi connectivity index (χ2v) is 7.46. The van der Waals surface area contributed by atoms with Crippen molar-refractivity contribution in [1.82, 2.24) is 0 Å². The fourth-order valence-corrected chi connectivity index (χ4v) is 3.00. The largest absolute Gasteiger partial charge is 0.485 e. The predicted octanol–water partition coefficient (Wildman–Crippen LogP) is 5.50. The Bertz CT molecular complexity index is 1040. The van der Waals surface area contributed by atoms with E-state index in [0.29, 0.717) is 23.1 Å². The van der Waals surface area contributed by atoms with Crippen molar-refractivity contribution in [2.24, 2.45) is 0 Å². The molecule has 0 aliphatic rings. The Hall–Kier alpha value is -3.54. The van der Waals surface area contributed by atoms with Gasteiger partial charge in [0.2, 0.25) is 5.91 Å².